The minimum Gasteiger partial charge on any atom is -0.356 e. The van der Waals surface area contributed by atoms with Crippen LogP contribution < -0.4 is 4.90 Å². The van der Waals surface area contributed by atoms with Gasteiger partial charge < -0.3 is 4.90 Å². The van der Waals surface area contributed by atoms with Crippen molar-refractivity contribution in [1.82, 2.24) is 9.97 Å². The van der Waals surface area contributed by atoms with Crippen molar-refractivity contribution in [3.8, 4) is 11.1 Å². The first-order valence-corrected chi connectivity index (χ1v) is 8.48. The molecule has 3 heterocycles. The fraction of sp³-hybridized carbons (Fsp3) is 0.263. The molecular weight excluding hydrogens is 322 g/mol. The molecule has 5 heteroatoms. The zero-order valence-electron chi connectivity index (χ0n) is 13.2. The van der Waals surface area contributed by atoms with E-state index in [2.05, 4.69) is 40.2 Å². The Morgan fingerprint density at radius 3 is 2.50 bits per heavy atom. The largest absolute Gasteiger partial charge is 0.356 e. The van der Waals surface area contributed by atoms with Gasteiger partial charge in [-0.2, -0.15) is 0 Å². The number of halogens is 1. The van der Waals surface area contributed by atoms with E-state index in [0.29, 0.717) is 0 Å². The summed E-state index contributed by atoms with van der Waals surface area (Å²) in [5, 5.41) is 1.15. The highest BCUT2D eigenvalue weighted by atomic mass is 35.5. The maximum absolute atomic E-state index is 5.48. The van der Waals surface area contributed by atoms with E-state index in [4.69, 9.17) is 21.1 Å². The molecule has 0 radical (unpaired) electrons. The quantitative estimate of drug-likeness (QED) is 0.707. The van der Waals surface area contributed by atoms with Gasteiger partial charge >= 0.3 is 0 Å². The number of nitrogens with zero attached hydrogens (tertiary/aromatic N) is 3. The Bertz CT molecular complexity index is 832. The van der Waals surface area contributed by atoms with Crippen molar-refractivity contribution in [3.05, 3.63) is 54.9 Å². The number of aromatic nitrogens is 2. The zero-order chi connectivity index (χ0) is 16.4. The molecule has 2 aromatic heterocycles. The molecule has 0 N–H and O–H groups in total. The molecule has 24 heavy (non-hydrogen) atoms. The smallest absolute Gasteiger partial charge is 0.129 e. The molecule has 0 unspecified atom stereocenters. The lowest BCUT2D eigenvalue weighted by molar-refractivity contribution is 0.188. The highest BCUT2D eigenvalue weighted by molar-refractivity contribution is 6.07. The number of benzene rings is 1. The molecule has 0 saturated carbocycles. The molecule has 122 valence electrons. The van der Waals surface area contributed by atoms with Crippen LogP contribution in [0.3, 0.4) is 0 Å². The summed E-state index contributed by atoms with van der Waals surface area (Å²) in [5.74, 6) is 1.02. The molecule has 3 aromatic rings. The Kier molecular flexibility index (Phi) is 4.32. The number of hydrogen-bond donors (Lipinski definition) is 0. The van der Waals surface area contributed by atoms with E-state index < -0.39 is 0 Å². The van der Waals surface area contributed by atoms with Gasteiger partial charge in [-0.15, -0.1) is 0 Å². The van der Waals surface area contributed by atoms with E-state index in [-0.39, 0.29) is 6.10 Å². The highest BCUT2D eigenvalue weighted by Gasteiger charge is 2.20. The molecule has 4 nitrogen and oxygen atoms in total. The third-order valence-corrected chi connectivity index (χ3v) is 4.83. The number of piperidine rings is 1. The lowest BCUT2D eigenvalue weighted by Gasteiger charge is -2.31. The van der Waals surface area contributed by atoms with Crippen molar-refractivity contribution in [2.24, 2.45) is 0 Å². The van der Waals surface area contributed by atoms with Crippen LogP contribution >= 0.6 is 11.9 Å². The van der Waals surface area contributed by atoms with E-state index in [9.17, 15) is 0 Å². The Balaban J connectivity index is 1.60. The van der Waals surface area contributed by atoms with Crippen LogP contribution in [-0.4, -0.2) is 29.2 Å². The number of pyridine rings is 2. The van der Waals surface area contributed by atoms with E-state index in [1.54, 1.807) is 0 Å². The minimum absolute atomic E-state index is 0.159. The van der Waals surface area contributed by atoms with Crippen LogP contribution in [0.4, 0.5) is 5.82 Å². The first-order valence-electron chi connectivity index (χ1n) is 8.17. The van der Waals surface area contributed by atoms with Crippen LogP contribution in [0, 0.1) is 0 Å². The molecule has 1 fully saturated rings. The molecule has 0 atom stereocenters. The number of rotatable bonds is 3. The molecule has 1 saturated heterocycles. The SMILES string of the molecule is ClOC1CCN(c2ccc3cc(-c4ccncc4)ccc3n2)CC1. The van der Waals surface area contributed by atoms with E-state index >= 15 is 0 Å². The second-order valence-electron chi connectivity index (χ2n) is 6.09. The fourth-order valence-electron chi connectivity index (χ4n) is 3.19. The van der Waals surface area contributed by atoms with Gasteiger partial charge in [0, 0.05) is 30.9 Å². The summed E-state index contributed by atoms with van der Waals surface area (Å²) >= 11 is 5.48. The summed E-state index contributed by atoms with van der Waals surface area (Å²) in [5.41, 5.74) is 3.36. The maximum Gasteiger partial charge on any atom is 0.129 e. The molecular formula is C19H18ClN3O. The van der Waals surface area contributed by atoms with Crippen molar-refractivity contribution in [2.75, 3.05) is 18.0 Å². The van der Waals surface area contributed by atoms with Crippen molar-refractivity contribution >= 4 is 28.6 Å². The Hall–Kier alpha value is -2.17. The normalized spacial score (nSPS) is 15.8. The van der Waals surface area contributed by atoms with E-state index in [1.807, 2.05) is 24.5 Å². The number of anilines is 1. The average Bonchev–Trinajstić information content (AvgIpc) is 2.68. The third-order valence-electron chi connectivity index (χ3n) is 4.58. The standard InChI is InChI=1S/C19H18ClN3O/c20-24-17-7-11-23(12-8-17)19-4-2-16-13-15(1-3-18(16)22-19)14-5-9-21-10-6-14/h1-6,9-10,13,17H,7-8,11-12H2. The van der Waals surface area contributed by atoms with Gasteiger partial charge in [0.15, 0.2) is 0 Å². The third kappa shape index (κ3) is 3.07. The second-order valence-corrected chi connectivity index (χ2v) is 6.27. The molecule has 1 aliphatic heterocycles. The first-order chi connectivity index (χ1) is 11.8. The van der Waals surface area contributed by atoms with Crippen molar-refractivity contribution in [2.45, 2.75) is 18.9 Å². The Morgan fingerprint density at radius 1 is 0.958 bits per heavy atom. The van der Waals surface area contributed by atoms with Crippen LogP contribution in [0.2, 0.25) is 0 Å². The summed E-state index contributed by atoms with van der Waals surface area (Å²) in [6, 6.07) is 14.7. The van der Waals surface area contributed by atoms with Gasteiger partial charge in [0.25, 0.3) is 0 Å². The molecule has 0 aliphatic carbocycles. The Labute approximate surface area is 146 Å². The molecule has 1 aromatic carbocycles. The average molecular weight is 340 g/mol. The monoisotopic (exact) mass is 339 g/mol. The van der Waals surface area contributed by atoms with Gasteiger partial charge in [0.1, 0.15) is 5.82 Å². The van der Waals surface area contributed by atoms with Gasteiger partial charge in [0.2, 0.25) is 0 Å². The van der Waals surface area contributed by atoms with E-state index in [1.165, 1.54) is 11.1 Å². The van der Waals surface area contributed by atoms with Gasteiger partial charge in [-0.25, -0.2) is 4.98 Å². The molecule has 0 spiro atoms. The van der Waals surface area contributed by atoms with Crippen molar-refractivity contribution in [3.63, 3.8) is 0 Å². The minimum atomic E-state index is 0.159. The van der Waals surface area contributed by atoms with Crippen LogP contribution in [0.25, 0.3) is 22.0 Å². The molecule has 0 bridgehead atoms. The zero-order valence-corrected chi connectivity index (χ0v) is 14.0. The maximum atomic E-state index is 5.48. The number of fused-ring (bicyclic) bond motifs is 1. The summed E-state index contributed by atoms with van der Waals surface area (Å²) < 4.78 is 4.92. The second kappa shape index (κ2) is 6.75. The summed E-state index contributed by atoms with van der Waals surface area (Å²) in [4.78, 5) is 11.2. The van der Waals surface area contributed by atoms with Crippen molar-refractivity contribution < 1.29 is 4.29 Å². The first kappa shape index (κ1) is 15.4. The molecule has 1 aliphatic rings. The van der Waals surface area contributed by atoms with Gasteiger partial charge in [0.05, 0.1) is 23.5 Å². The van der Waals surface area contributed by atoms with E-state index in [0.717, 1.165) is 42.7 Å². The highest BCUT2D eigenvalue weighted by Crippen LogP contribution is 2.26. The predicted octanol–water partition coefficient (Wildman–Crippen LogP) is 4.44. The summed E-state index contributed by atoms with van der Waals surface area (Å²) in [6.07, 6.45) is 5.66. The summed E-state index contributed by atoms with van der Waals surface area (Å²) in [7, 11) is 0. The fourth-order valence-corrected chi connectivity index (χ4v) is 3.37. The summed E-state index contributed by atoms with van der Waals surface area (Å²) in [6.45, 7) is 1.84. The lowest BCUT2D eigenvalue weighted by Crippen LogP contribution is -2.36. The topological polar surface area (TPSA) is 38.2 Å². The number of hydrogen-bond acceptors (Lipinski definition) is 4. The van der Waals surface area contributed by atoms with Gasteiger partial charge in [-0.05, 0) is 60.4 Å². The Morgan fingerprint density at radius 2 is 1.75 bits per heavy atom. The van der Waals surface area contributed by atoms with Crippen LogP contribution in [-0.2, 0) is 4.29 Å². The molecule has 4 rings (SSSR count). The van der Waals surface area contributed by atoms with Gasteiger partial charge in [-0.1, -0.05) is 6.07 Å². The van der Waals surface area contributed by atoms with Crippen LogP contribution in [0.5, 0.6) is 0 Å². The van der Waals surface area contributed by atoms with Gasteiger partial charge in [-0.3, -0.25) is 9.27 Å². The predicted molar refractivity (Wildman–Crippen MR) is 97.1 cm³/mol. The van der Waals surface area contributed by atoms with Crippen LogP contribution in [0.1, 0.15) is 12.8 Å². The molecule has 0 amide bonds. The van der Waals surface area contributed by atoms with Crippen molar-refractivity contribution in [1.29, 1.82) is 0 Å². The van der Waals surface area contributed by atoms with Crippen LogP contribution in [0.15, 0.2) is 54.9 Å². The lowest BCUT2D eigenvalue weighted by atomic mass is 10.0.